The number of nitrogen functional groups attached to an aromatic ring is 1. The van der Waals surface area contributed by atoms with E-state index < -0.39 is 36.2 Å². The molecule has 10 nitrogen and oxygen atoms in total. The van der Waals surface area contributed by atoms with E-state index in [1.807, 2.05) is 27.7 Å². The number of likely N-dealkylation sites (N-methyl/N-ethyl adjacent to an activating group) is 1. The Morgan fingerprint density at radius 3 is 2.37 bits per heavy atom. The Morgan fingerprint density at radius 2 is 1.80 bits per heavy atom. The maximum Gasteiger partial charge on any atom is 0.387 e. The number of nitrogens with two attached hydrogens (primary N) is 1. The number of aromatic amines is 1. The van der Waals surface area contributed by atoms with E-state index in [1.54, 1.807) is 0 Å². The molecular weight excluding hydrogens is 464 g/mol. The number of aromatic nitrogens is 2. The van der Waals surface area contributed by atoms with Gasteiger partial charge in [-0.2, -0.15) is 8.78 Å². The molecule has 0 aliphatic rings. The lowest BCUT2D eigenvalue weighted by Crippen LogP contribution is -2.47. The van der Waals surface area contributed by atoms with E-state index in [-0.39, 0.29) is 47.7 Å². The summed E-state index contributed by atoms with van der Waals surface area (Å²) < 4.78 is 30.5. The van der Waals surface area contributed by atoms with Crippen molar-refractivity contribution in [3.63, 3.8) is 0 Å². The molecule has 0 unspecified atom stereocenters. The van der Waals surface area contributed by atoms with Crippen LogP contribution in [0.25, 0.3) is 0 Å². The van der Waals surface area contributed by atoms with Crippen LogP contribution in [0.2, 0.25) is 0 Å². The van der Waals surface area contributed by atoms with E-state index >= 15 is 0 Å². The lowest BCUT2D eigenvalue weighted by atomic mass is 10.1. The number of benzene rings is 1. The highest BCUT2D eigenvalue weighted by atomic mass is 19.3. The first kappa shape index (κ1) is 27.5. The number of alkyl halides is 2. The number of hydrogen-bond acceptors (Lipinski definition) is 6. The first-order valence-electron chi connectivity index (χ1n) is 11.0. The molecular formula is C23H31F2N5O5. The molecule has 2 aromatic rings. The van der Waals surface area contributed by atoms with Crippen LogP contribution in [-0.2, 0) is 11.3 Å². The van der Waals surface area contributed by atoms with Gasteiger partial charge in [-0.05, 0) is 30.0 Å². The fraction of sp³-hybridized carbons (Fsp3) is 0.478. The fourth-order valence-corrected chi connectivity index (χ4v) is 3.45. The second-order valence-electron chi connectivity index (χ2n) is 8.96. The summed E-state index contributed by atoms with van der Waals surface area (Å²) in [5, 5.41) is 0. The molecule has 0 fully saturated rings. The van der Waals surface area contributed by atoms with Crippen molar-refractivity contribution in [1.82, 2.24) is 14.5 Å². The Balaban J connectivity index is 2.37. The number of halogens is 2. The second-order valence-corrected chi connectivity index (χ2v) is 8.96. The monoisotopic (exact) mass is 495 g/mol. The zero-order chi connectivity index (χ0) is 26.4. The van der Waals surface area contributed by atoms with Crippen LogP contribution >= 0.6 is 0 Å². The van der Waals surface area contributed by atoms with Crippen molar-refractivity contribution >= 4 is 23.3 Å². The minimum atomic E-state index is -3.05. The van der Waals surface area contributed by atoms with E-state index in [1.165, 1.54) is 29.8 Å². The molecule has 12 heteroatoms. The van der Waals surface area contributed by atoms with Gasteiger partial charge in [0, 0.05) is 25.7 Å². The number of carbonyl (C=O) groups is 2. The van der Waals surface area contributed by atoms with E-state index in [0.29, 0.717) is 0 Å². The number of rotatable bonds is 10. The molecule has 192 valence electrons. The van der Waals surface area contributed by atoms with Gasteiger partial charge in [0.15, 0.2) is 5.69 Å². The molecule has 0 radical (unpaired) electrons. The number of nitrogens with zero attached hydrogens (tertiary/aromatic N) is 3. The van der Waals surface area contributed by atoms with Gasteiger partial charge in [0.05, 0.1) is 0 Å². The van der Waals surface area contributed by atoms with Crippen molar-refractivity contribution in [3.05, 3.63) is 50.7 Å². The molecule has 0 saturated heterocycles. The van der Waals surface area contributed by atoms with Crippen molar-refractivity contribution in [1.29, 1.82) is 0 Å². The number of anilines is 2. The smallest absolute Gasteiger partial charge is 0.387 e. The third-order valence-corrected chi connectivity index (χ3v) is 4.91. The summed E-state index contributed by atoms with van der Waals surface area (Å²) >= 11 is 0. The van der Waals surface area contributed by atoms with Gasteiger partial charge in [0.2, 0.25) is 5.91 Å². The topological polar surface area (TPSA) is 131 Å². The van der Waals surface area contributed by atoms with Crippen molar-refractivity contribution in [3.8, 4) is 5.75 Å². The quantitative estimate of drug-likeness (QED) is 0.519. The number of carbonyl (C=O) groups excluding carboxylic acids is 2. The maximum atomic E-state index is 13.3. The number of nitrogens with one attached hydrogen (secondary N) is 1. The van der Waals surface area contributed by atoms with Gasteiger partial charge in [-0.25, -0.2) is 4.79 Å². The zero-order valence-corrected chi connectivity index (χ0v) is 20.4. The molecule has 35 heavy (non-hydrogen) atoms. The fourth-order valence-electron chi connectivity index (χ4n) is 3.45. The molecule has 0 bridgehead atoms. The average Bonchev–Trinajstić information content (AvgIpc) is 2.74. The average molecular weight is 496 g/mol. The van der Waals surface area contributed by atoms with Gasteiger partial charge in [0.1, 0.15) is 18.1 Å². The van der Waals surface area contributed by atoms with Crippen molar-refractivity contribution < 1.29 is 23.1 Å². The highest BCUT2D eigenvalue weighted by molar-refractivity contribution is 6.01. The molecule has 2 rings (SSSR count). The molecule has 0 atom stereocenters. The maximum absolute atomic E-state index is 13.3. The Bertz CT molecular complexity index is 1180. The predicted octanol–water partition coefficient (Wildman–Crippen LogP) is 2.14. The summed E-state index contributed by atoms with van der Waals surface area (Å²) in [4.78, 5) is 55.5. The minimum Gasteiger partial charge on any atom is -0.435 e. The van der Waals surface area contributed by atoms with Crippen molar-refractivity contribution in [2.75, 3.05) is 30.8 Å². The Hall–Kier alpha value is -3.70. The van der Waals surface area contributed by atoms with Crippen molar-refractivity contribution in [2.45, 2.75) is 40.9 Å². The zero-order valence-electron chi connectivity index (χ0n) is 20.4. The third-order valence-electron chi connectivity index (χ3n) is 4.91. The van der Waals surface area contributed by atoms with Crippen LogP contribution in [0.3, 0.4) is 0 Å². The van der Waals surface area contributed by atoms with E-state index in [2.05, 4.69) is 9.72 Å². The van der Waals surface area contributed by atoms with Crippen LogP contribution in [-0.4, -0.2) is 53.0 Å². The molecule has 1 heterocycles. The molecule has 1 aromatic heterocycles. The van der Waals surface area contributed by atoms with Crippen LogP contribution in [0.15, 0.2) is 33.9 Å². The van der Waals surface area contributed by atoms with Gasteiger partial charge in [-0.3, -0.25) is 23.9 Å². The molecule has 1 aromatic carbocycles. The summed E-state index contributed by atoms with van der Waals surface area (Å²) in [7, 11) is 1.36. The van der Waals surface area contributed by atoms with Gasteiger partial charge in [0.25, 0.3) is 11.5 Å². The van der Waals surface area contributed by atoms with E-state index in [4.69, 9.17) is 5.73 Å². The van der Waals surface area contributed by atoms with E-state index in [9.17, 15) is 28.0 Å². The van der Waals surface area contributed by atoms with Crippen LogP contribution in [0.5, 0.6) is 5.75 Å². The lowest BCUT2D eigenvalue weighted by Gasteiger charge is -2.28. The van der Waals surface area contributed by atoms with Crippen LogP contribution in [0.1, 0.15) is 38.1 Å². The molecule has 2 amide bonds. The van der Waals surface area contributed by atoms with Crippen LogP contribution in [0, 0.1) is 11.8 Å². The second kappa shape index (κ2) is 11.6. The number of amides is 2. The van der Waals surface area contributed by atoms with E-state index in [0.717, 1.165) is 15.9 Å². The van der Waals surface area contributed by atoms with Gasteiger partial charge >= 0.3 is 12.3 Å². The molecule has 0 saturated carbocycles. The summed E-state index contributed by atoms with van der Waals surface area (Å²) in [6.45, 7) is 4.25. The largest absolute Gasteiger partial charge is 0.435 e. The third kappa shape index (κ3) is 7.14. The van der Waals surface area contributed by atoms with Crippen LogP contribution < -0.4 is 26.6 Å². The summed E-state index contributed by atoms with van der Waals surface area (Å²) in [5.41, 5.74) is 4.56. The van der Waals surface area contributed by atoms with Gasteiger partial charge in [-0.1, -0.05) is 33.8 Å². The number of ether oxygens (including phenoxy) is 1. The Morgan fingerprint density at radius 1 is 1.14 bits per heavy atom. The summed E-state index contributed by atoms with van der Waals surface area (Å²) in [5.74, 6) is -1.61. The normalized spacial score (nSPS) is 11.3. The SMILES string of the molecule is CC(C)CN(C(=O)CN(C)C(=O)c1cccc(OC(F)F)c1)c1c(N)n(CC(C)C)c(=O)[nH]c1=O. The molecule has 3 N–H and O–H groups in total. The number of hydrogen-bond donors (Lipinski definition) is 2. The standard InChI is InChI=1S/C23H31F2N5O5/c1-13(2)10-29(18-19(26)30(11-14(3)4)23(34)27-20(18)32)17(31)12-28(5)21(33)15-7-6-8-16(9-15)35-22(24)25/h6-9,13-14,22H,10-12,26H2,1-5H3,(H,27,32,34). The highest BCUT2D eigenvalue weighted by Crippen LogP contribution is 2.21. The first-order valence-corrected chi connectivity index (χ1v) is 11.0. The molecule has 0 aliphatic carbocycles. The Kier molecular flexibility index (Phi) is 9.15. The number of H-pyrrole nitrogens is 1. The summed E-state index contributed by atoms with van der Waals surface area (Å²) in [6.07, 6.45) is 0. The Labute approximate surface area is 201 Å². The molecule has 0 aliphatic heterocycles. The summed E-state index contributed by atoms with van der Waals surface area (Å²) in [6, 6.07) is 5.20. The predicted molar refractivity (Wildman–Crippen MR) is 128 cm³/mol. The van der Waals surface area contributed by atoms with Gasteiger partial charge < -0.3 is 20.3 Å². The highest BCUT2D eigenvalue weighted by Gasteiger charge is 2.27. The first-order chi connectivity index (χ1) is 16.3. The molecule has 0 spiro atoms. The van der Waals surface area contributed by atoms with Crippen molar-refractivity contribution in [2.24, 2.45) is 11.8 Å². The van der Waals surface area contributed by atoms with Gasteiger partial charge in [-0.15, -0.1) is 0 Å². The minimum absolute atomic E-state index is 0.0385. The van der Waals surface area contributed by atoms with Crippen LogP contribution in [0.4, 0.5) is 20.3 Å². The lowest BCUT2D eigenvalue weighted by molar-refractivity contribution is -0.119.